The lowest BCUT2D eigenvalue weighted by Gasteiger charge is -2.24. The number of carbonyl (C=O) groups is 2. The molecule has 0 spiro atoms. The van der Waals surface area contributed by atoms with Crippen LogP contribution in [0.1, 0.15) is 32.5 Å². The quantitative estimate of drug-likeness (QED) is 0.552. The molecular formula is C21H16BrNO4S. The molecule has 0 radical (unpaired) electrons. The Kier molecular flexibility index (Phi) is 4.95. The topological polar surface area (TPSA) is 75.6 Å². The predicted molar refractivity (Wildman–Crippen MR) is 112 cm³/mol. The third kappa shape index (κ3) is 3.31. The van der Waals surface area contributed by atoms with E-state index in [-0.39, 0.29) is 23.1 Å². The average molecular weight is 458 g/mol. The van der Waals surface area contributed by atoms with Crippen LogP contribution in [-0.2, 0) is 4.79 Å². The van der Waals surface area contributed by atoms with Crippen molar-refractivity contribution in [2.24, 2.45) is 0 Å². The van der Waals surface area contributed by atoms with Crippen LogP contribution in [0.15, 0.2) is 53.0 Å². The van der Waals surface area contributed by atoms with Crippen molar-refractivity contribution in [2.45, 2.75) is 12.3 Å². The second-order valence-corrected chi connectivity index (χ2v) is 8.40. The van der Waals surface area contributed by atoms with Crippen molar-refractivity contribution in [3.8, 4) is 16.9 Å². The Hall–Kier alpha value is -2.64. The van der Waals surface area contributed by atoms with Gasteiger partial charge in [-0.15, -0.1) is 11.3 Å². The third-order valence-corrected chi connectivity index (χ3v) is 6.57. The Balaban J connectivity index is 1.89. The number of amides is 1. The zero-order valence-electron chi connectivity index (χ0n) is 14.9. The molecule has 28 heavy (non-hydrogen) atoms. The smallest absolute Gasteiger partial charge is 0.346 e. The Morgan fingerprint density at radius 2 is 1.86 bits per heavy atom. The minimum Gasteiger partial charge on any atom is -0.497 e. The molecule has 142 valence electrons. The lowest BCUT2D eigenvalue weighted by Crippen LogP contribution is -2.22. The number of rotatable bonds is 4. The van der Waals surface area contributed by atoms with Crippen molar-refractivity contribution >= 4 is 44.8 Å². The normalized spacial score (nSPS) is 15.6. The first-order chi connectivity index (χ1) is 13.5. The van der Waals surface area contributed by atoms with Gasteiger partial charge >= 0.3 is 5.97 Å². The van der Waals surface area contributed by atoms with Crippen molar-refractivity contribution in [3.63, 3.8) is 0 Å². The van der Waals surface area contributed by atoms with Crippen molar-refractivity contribution in [1.82, 2.24) is 0 Å². The maximum Gasteiger partial charge on any atom is 0.346 e. The molecule has 2 aromatic carbocycles. The van der Waals surface area contributed by atoms with Crippen LogP contribution in [0, 0.1) is 0 Å². The van der Waals surface area contributed by atoms with E-state index in [0.717, 1.165) is 20.5 Å². The summed E-state index contributed by atoms with van der Waals surface area (Å²) in [7, 11) is 1.58. The van der Waals surface area contributed by atoms with Gasteiger partial charge in [0.25, 0.3) is 0 Å². The van der Waals surface area contributed by atoms with E-state index in [0.29, 0.717) is 17.0 Å². The predicted octanol–water partition coefficient (Wildman–Crippen LogP) is 5.36. The second-order valence-electron chi connectivity index (χ2n) is 6.44. The minimum atomic E-state index is -1.01. The number of nitrogens with one attached hydrogen (secondary N) is 1. The molecule has 0 saturated carbocycles. The molecule has 2 heterocycles. The van der Waals surface area contributed by atoms with Crippen LogP contribution in [-0.4, -0.2) is 24.1 Å². The van der Waals surface area contributed by atoms with Crippen LogP contribution in [0.25, 0.3) is 11.1 Å². The van der Waals surface area contributed by atoms with Gasteiger partial charge in [0.15, 0.2) is 0 Å². The SMILES string of the molecule is COc1ccc(-c2c(C(=O)O)sc3c2NC(=O)CC3c2ccc(Br)cc2)cc1. The molecule has 7 heteroatoms. The Morgan fingerprint density at radius 3 is 2.46 bits per heavy atom. The number of fused-ring (bicyclic) bond motifs is 1. The average Bonchev–Trinajstić information content (AvgIpc) is 3.07. The maximum absolute atomic E-state index is 12.5. The van der Waals surface area contributed by atoms with E-state index in [1.807, 2.05) is 36.4 Å². The van der Waals surface area contributed by atoms with Gasteiger partial charge in [0.05, 0.1) is 12.8 Å². The number of carboxylic acids is 1. The van der Waals surface area contributed by atoms with E-state index >= 15 is 0 Å². The summed E-state index contributed by atoms with van der Waals surface area (Å²) >= 11 is 4.65. The molecule has 0 saturated heterocycles. The van der Waals surface area contributed by atoms with E-state index in [2.05, 4.69) is 21.2 Å². The van der Waals surface area contributed by atoms with Gasteiger partial charge in [-0.2, -0.15) is 0 Å². The number of carboxylic acid groups (broad SMARTS) is 1. The summed E-state index contributed by atoms with van der Waals surface area (Å²) in [5.41, 5.74) is 2.85. The Morgan fingerprint density at radius 1 is 1.18 bits per heavy atom. The molecule has 0 aliphatic carbocycles. The number of benzene rings is 2. The molecule has 1 unspecified atom stereocenters. The lowest BCUT2D eigenvalue weighted by atomic mass is 9.89. The van der Waals surface area contributed by atoms with E-state index < -0.39 is 5.97 Å². The highest BCUT2D eigenvalue weighted by molar-refractivity contribution is 9.10. The first kappa shape index (κ1) is 18.7. The van der Waals surface area contributed by atoms with E-state index in [4.69, 9.17) is 4.74 Å². The Bertz CT molecular complexity index is 1060. The molecule has 2 N–H and O–H groups in total. The number of thiophene rings is 1. The molecule has 1 aliphatic heterocycles. The fourth-order valence-electron chi connectivity index (χ4n) is 3.43. The van der Waals surface area contributed by atoms with Crippen LogP contribution in [0.4, 0.5) is 5.69 Å². The third-order valence-electron chi connectivity index (χ3n) is 4.75. The molecule has 3 aromatic rings. The number of aromatic carboxylic acids is 1. The maximum atomic E-state index is 12.5. The molecule has 0 bridgehead atoms. The fraction of sp³-hybridized carbons (Fsp3) is 0.143. The van der Waals surface area contributed by atoms with Crippen LogP contribution in [0.2, 0.25) is 0 Å². The van der Waals surface area contributed by atoms with Crippen molar-refractivity contribution in [1.29, 1.82) is 0 Å². The van der Waals surface area contributed by atoms with Gasteiger partial charge in [-0.1, -0.05) is 40.2 Å². The molecule has 1 atom stereocenters. The number of ether oxygens (including phenoxy) is 1. The standard InChI is InChI=1S/C21H16BrNO4S/c1-27-14-8-4-12(5-9-14)17-18-19(28-20(17)21(25)26)15(10-16(24)23-18)11-2-6-13(22)7-3-11/h2-9,15H,10H2,1H3,(H,23,24)(H,25,26). The fourth-order valence-corrected chi connectivity index (χ4v) is 4.95. The summed E-state index contributed by atoms with van der Waals surface area (Å²) in [6.07, 6.45) is 0.288. The largest absolute Gasteiger partial charge is 0.497 e. The molecule has 4 rings (SSSR count). The van der Waals surface area contributed by atoms with Crippen LogP contribution < -0.4 is 10.1 Å². The number of halogens is 1. The number of hydrogen-bond acceptors (Lipinski definition) is 4. The highest BCUT2D eigenvalue weighted by Gasteiger charge is 2.34. The van der Waals surface area contributed by atoms with Gasteiger partial charge < -0.3 is 15.2 Å². The van der Waals surface area contributed by atoms with Gasteiger partial charge in [0, 0.05) is 27.3 Å². The highest BCUT2D eigenvalue weighted by Crippen LogP contribution is 2.49. The Labute approximate surface area is 174 Å². The summed E-state index contributed by atoms with van der Waals surface area (Å²) in [5.74, 6) is -0.618. The second kappa shape index (κ2) is 7.41. The summed E-state index contributed by atoms with van der Waals surface area (Å²) < 4.78 is 6.14. The number of carbonyl (C=O) groups excluding carboxylic acids is 1. The van der Waals surface area contributed by atoms with E-state index in [1.54, 1.807) is 19.2 Å². The highest BCUT2D eigenvalue weighted by atomic mass is 79.9. The summed E-state index contributed by atoms with van der Waals surface area (Å²) in [4.78, 5) is 25.5. The van der Waals surface area contributed by atoms with Crippen molar-refractivity contribution in [2.75, 3.05) is 12.4 Å². The molecule has 0 fully saturated rings. The first-order valence-electron chi connectivity index (χ1n) is 8.57. The van der Waals surface area contributed by atoms with Crippen LogP contribution in [0.3, 0.4) is 0 Å². The van der Waals surface area contributed by atoms with Crippen LogP contribution >= 0.6 is 27.3 Å². The lowest BCUT2D eigenvalue weighted by molar-refractivity contribution is -0.116. The van der Waals surface area contributed by atoms with Crippen molar-refractivity contribution in [3.05, 3.63) is 68.3 Å². The first-order valence-corrected chi connectivity index (χ1v) is 10.2. The molecule has 1 aliphatic rings. The molecule has 1 amide bonds. The molecular weight excluding hydrogens is 442 g/mol. The summed E-state index contributed by atoms with van der Waals surface area (Å²) in [5, 5.41) is 12.7. The monoisotopic (exact) mass is 457 g/mol. The minimum absolute atomic E-state index is 0.120. The van der Waals surface area contributed by atoms with E-state index in [1.165, 1.54) is 11.3 Å². The molecule has 5 nitrogen and oxygen atoms in total. The van der Waals surface area contributed by atoms with Gasteiger partial charge in [0.2, 0.25) is 5.91 Å². The van der Waals surface area contributed by atoms with Gasteiger partial charge in [-0.05, 0) is 35.4 Å². The number of anilines is 1. The molecule has 1 aromatic heterocycles. The summed E-state index contributed by atoms with van der Waals surface area (Å²) in [6.45, 7) is 0. The van der Waals surface area contributed by atoms with Gasteiger partial charge in [-0.3, -0.25) is 4.79 Å². The van der Waals surface area contributed by atoms with Crippen molar-refractivity contribution < 1.29 is 19.4 Å². The number of hydrogen-bond donors (Lipinski definition) is 2. The zero-order valence-corrected chi connectivity index (χ0v) is 17.3. The van der Waals surface area contributed by atoms with Gasteiger partial charge in [0.1, 0.15) is 10.6 Å². The zero-order chi connectivity index (χ0) is 19.8. The van der Waals surface area contributed by atoms with E-state index in [9.17, 15) is 14.7 Å². The summed E-state index contributed by atoms with van der Waals surface area (Å²) in [6, 6.07) is 15.0. The van der Waals surface area contributed by atoms with Gasteiger partial charge in [-0.25, -0.2) is 4.79 Å². The number of methoxy groups -OCH3 is 1. The van der Waals surface area contributed by atoms with Crippen LogP contribution in [0.5, 0.6) is 5.75 Å².